The van der Waals surface area contributed by atoms with Crippen molar-refractivity contribution in [1.29, 1.82) is 0 Å². The summed E-state index contributed by atoms with van der Waals surface area (Å²) in [5.74, 6) is 1.49. The Morgan fingerprint density at radius 1 is 0.889 bits per heavy atom. The predicted octanol–water partition coefficient (Wildman–Crippen LogP) is 5.62. The third-order valence-electron chi connectivity index (χ3n) is 5.15. The zero-order valence-electron chi connectivity index (χ0n) is 15.5. The SMILES string of the molecule is COc1cc2c(cc1OC)C(Cc1ccc(-c3ccccc3)cc1)N(Cl)C2. The second-order valence-corrected chi connectivity index (χ2v) is 7.18. The van der Waals surface area contributed by atoms with Gasteiger partial charge in [-0.25, -0.2) is 4.42 Å². The van der Waals surface area contributed by atoms with Crippen LogP contribution in [0, 0.1) is 0 Å². The van der Waals surface area contributed by atoms with Crippen molar-refractivity contribution >= 4 is 11.8 Å². The van der Waals surface area contributed by atoms with E-state index in [0.717, 1.165) is 17.9 Å². The average molecular weight is 380 g/mol. The van der Waals surface area contributed by atoms with E-state index in [1.165, 1.54) is 27.8 Å². The Morgan fingerprint density at radius 3 is 2.19 bits per heavy atom. The summed E-state index contributed by atoms with van der Waals surface area (Å²) in [5.41, 5.74) is 6.10. The molecule has 0 saturated carbocycles. The highest BCUT2D eigenvalue weighted by Gasteiger charge is 2.31. The molecule has 0 fully saturated rings. The maximum Gasteiger partial charge on any atom is 0.161 e. The second-order valence-electron chi connectivity index (χ2n) is 6.75. The average Bonchev–Trinajstić information content (AvgIpc) is 3.02. The second kappa shape index (κ2) is 7.63. The van der Waals surface area contributed by atoms with Crippen molar-refractivity contribution in [1.82, 2.24) is 4.42 Å². The number of hydrogen-bond acceptors (Lipinski definition) is 3. The Labute approximate surface area is 165 Å². The van der Waals surface area contributed by atoms with Gasteiger partial charge in [0.05, 0.1) is 20.3 Å². The first-order valence-corrected chi connectivity index (χ1v) is 9.35. The van der Waals surface area contributed by atoms with Crippen molar-refractivity contribution in [3.8, 4) is 22.6 Å². The van der Waals surface area contributed by atoms with Crippen LogP contribution in [0.1, 0.15) is 22.7 Å². The summed E-state index contributed by atoms with van der Waals surface area (Å²) in [6.07, 6.45) is 0.848. The van der Waals surface area contributed by atoms with Crippen molar-refractivity contribution in [3.63, 3.8) is 0 Å². The zero-order valence-corrected chi connectivity index (χ0v) is 16.2. The predicted molar refractivity (Wildman–Crippen MR) is 109 cm³/mol. The maximum absolute atomic E-state index is 6.56. The normalized spacial score (nSPS) is 16.2. The Bertz CT molecular complexity index is 925. The molecule has 4 rings (SSSR count). The first-order valence-electron chi connectivity index (χ1n) is 9.01. The molecule has 1 atom stereocenters. The molecule has 1 aliphatic rings. The lowest BCUT2D eigenvalue weighted by molar-refractivity contribution is 0.353. The van der Waals surface area contributed by atoms with Crippen LogP contribution in [0.5, 0.6) is 11.5 Å². The number of benzene rings is 3. The van der Waals surface area contributed by atoms with Crippen molar-refractivity contribution < 1.29 is 9.47 Å². The van der Waals surface area contributed by atoms with Gasteiger partial charge in [-0.1, -0.05) is 54.6 Å². The number of halogens is 1. The Kier molecular flexibility index (Phi) is 5.06. The standard InChI is InChI=1S/C23H22ClNO2/c1-26-22-13-19-15-25(24)21(20(19)14-23(22)27-2)12-16-8-10-18(11-9-16)17-6-4-3-5-7-17/h3-11,13-14,21H,12,15H2,1-2H3. The molecule has 0 aliphatic carbocycles. The smallest absolute Gasteiger partial charge is 0.161 e. The summed E-state index contributed by atoms with van der Waals surface area (Å²) >= 11 is 6.56. The number of nitrogens with zero attached hydrogens (tertiary/aromatic N) is 1. The molecule has 0 radical (unpaired) electrons. The molecule has 0 aromatic heterocycles. The van der Waals surface area contributed by atoms with E-state index in [1.807, 2.05) is 16.6 Å². The van der Waals surface area contributed by atoms with Gasteiger partial charge in [-0.3, -0.25) is 0 Å². The van der Waals surface area contributed by atoms with Crippen LogP contribution in [0.2, 0.25) is 0 Å². The Morgan fingerprint density at radius 2 is 1.52 bits per heavy atom. The summed E-state index contributed by atoms with van der Waals surface area (Å²) in [4.78, 5) is 0. The number of hydrogen-bond donors (Lipinski definition) is 0. The molecule has 0 N–H and O–H groups in total. The van der Waals surface area contributed by atoms with E-state index in [2.05, 4.69) is 54.6 Å². The van der Waals surface area contributed by atoms with Crippen molar-refractivity contribution in [3.05, 3.63) is 83.4 Å². The van der Waals surface area contributed by atoms with E-state index in [1.54, 1.807) is 14.2 Å². The van der Waals surface area contributed by atoms with Gasteiger partial charge in [-0.2, -0.15) is 0 Å². The summed E-state index contributed by atoms with van der Waals surface area (Å²) in [6.45, 7) is 0.698. The molecular formula is C23H22ClNO2. The summed E-state index contributed by atoms with van der Waals surface area (Å²) < 4.78 is 12.8. The van der Waals surface area contributed by atoms with Crippen molar-refractivity contribution in [2.45, 2.75) is 19.0 Å². The van der Waals surface area contributed by atoms with E-state index in [9.17, 15) is 0 Å². The fourth-order valence-electron chi connectivity index (χ4n) is 3.70. The summed E-state index contributed by atoms with van der Waals surface area (Å²) in [5, 5.41) is 0. The zero-order chi connectivity index (χ0) is 18.8. The number of fused-ring (bicyclic) bond motifs is 1. The van der Waals surface area contributed by atoms with Gasteiger partial charge >= 0.3 is 0 Å². The maximum atomic E-state index is 6.56. The fraction of sp³-hybridized carbons (Fsp3) is 0.217. The molecule has 1 aliphatic heterocycles. The highest BCUT2D eigenvalue weighted by Crippen LogP contribution is 2.42. The molecule has 1 heterocycles. The van der Waals surface area contributed by atoms with Crippen LogP contribution in [-0.4, -0.2) is 18.6 Å². The molecule has 3 aromatic carbocycles. The van der Waals surface area contributed by atoms with Gasteiger partial charge in [0.2, 0.25) is 0 Å². The van der Waals surface area contributed by atoms with E-state index in [-0.39, 0.29) is 6.04 Å². The molecule has 27 heavy (non-hydrogen) atoms. The van der Waals surface area contributed by atoms with E-state index >= 15 is 0 Å². The van der Waals surface area contributed by atoms with E-state index < -0.39 is 0 Å². The van der Waals surface area contributed by atoms with Gasteiger partial charge in [0.1, 0.15) is 0 Å². The molecule has 0 spiro atoms. The van der Waals surface area contributed by atoms with Crippen LogP contribution in [0.3, 0.4) is 0 Å². The third kappa shape index (κ3) is 3.53. The van der Waals surface area contributed by atoms with Gasteiger partial charge in [0.15, 0.2) is 11.5 Å². The number of ether oxygens (including phenoxy) is 2. The van der Waals surface area contributed by atoms with E-state index in [4.69, 9.17) is 21.3 Å². The minimum absolute atomic E-state index is 0.115. The summed E-state index contributed by atoms with van der Waals surface area (Å²) in [7, 11) is 3.32. The van der Waals surface area contributed by atoms with Crippen LogP contribution in [0.25, 0.3) is 11.1 Å². The third-order valence-corrected chi connectivity index (χ3v) is 5.51. The Balaban J connectivity index is 1.59. The largest absolute Gasteiger partial charge is 0.493 e. The molecule has 3 nitrogen and oxygen atoms in total. The lowest BCUT2D eigenvalue weighted by Crippen LogP contribution is -2.13. The minimum atomic E-state index is 0.115. The van der Waals surface area contributed by atoms with Crippen LogP contribution in [0.4, 0.5) is 0 Å². The Hall–Kier alpha value is -2.49. The summed E-state index contributed by atoms with van der Waals surface area (Å²) in [6, 6.07) is 23.3. The van der Waals surface area contributed by atoms with Gasteiger partial charge in [-0.15, -0.1) is 0 Å². The molecule has 138 valence electrons. The topological polar surface area (TPSA) is 21.7 Å². The quantitative estimate of drug-likeness (QED) is 0.537. The van der Waals surface area contributed by atoms with Crippen LogP contribution < -0.4 is 9.47 Å². The molecule has 0 saturated heterocycles. The first-order chi connectivity index (χ1) is 13.2. The van der Waals surface area contributed by atoms with Gasteiger partial charge in [0, 0.05) is 6.54 Å². The van der Waals surface area contributed by atoms with Crippen LogP contribution >= 0.6 is 11.8 Å². The minimum Gasteiger partial charge on any atom is -0.493 e. The van der Waals surface area contributed by atoms with Crippen molar-refractivity contribution in [2.24, 2.45) is 0 Å². The fourth-order valence-corrected chi connectivity index (χ4v) is 4.01. The number of methoxy groups -OCH3 is 2. The molecule has 1 unspecified atom stereocenters. The lowest BCUT2D eigenvalue weighted by Gasteiger charge is -2.19. The lowest BCUT2D eigenvalue weighted by atomic mass is 9.96. The monoisotopic (exact) mass is 379 g/mol. The molecule has 4 heteroatoms. The molecule has 3 aromatic rings. The van der Waals surface area contributed by atoms with Crippen molar-refractivity contribution in [2.75, 3.05) is 14.2 Å². The van der Waals surface area contributed by atoms with Gasteiger partial charge in [-0.05, 0) is 58.1 Å². The van der Waals surface area contributed by atoms with Gasteiger partial charge < -0.3 is 9.47 Å². The van der Waals surface area contributed by atoms with Crippen LogP contribution in [0.15, 0.2) is 66.7 Å². The van der Waals surface area contributed by atoms with Gasteiger partial charge in [0.25, 0.3) is 0 Å². The molecule has 0 amide bonds. The molecule has 0 bridgehead atoms. The first kappa shape index (κ1) is 17.9. The number of rotatable bonds is 5. The van der Waals surface area contributed by atoms with Crippen LogP contribution in [-0.2, 0) is 13.0 Å². The molecular weight excluding hydrogens is 358 g/mol. The highest BCUT2D eigenvalue weighted by molar-refractivity contribution is 6.13. The highest BCUT2D eigenvalue weighted by atomic mass is 35.5. The van der Waals surface area contributed by atoms with E-state index in [0.29, 0.717) is 6.54 Å².